The summed E-state index contributed by atoms with van der Waals surface area (Å²) in [5.74, 6) is -0.360. The van der Waals surface area contributed by atoms with E-state index in [4.69, 9.17) is 5.73 Å². The molecule has 20 heavy (non-hydrogen) atoms. The van der Waals surface area contributed by atoms with Gasteiger partial charge in [0.05, 0.1) is 4.90 Å². The summed E-state index contributed by atoms with van der Waals surface area (Å²) in [6.07, 6.45) is 1.63. The highest BCUT2D eigenvalue weighted by atomic mass is 32.2. The quantitative estimate of drug-likeness (QED) is 0.831. The summed E-state index contributed by atoms with van der Waals surface area (Å²) >= 11 is 1.11. The van der Waals surface area contributed by atoms with Gasteiger partial charge >= 0.3 is 0 Å². The van der Waals surface area contributed by atoms with Crippen LogP contribution in [0.15, 0.2) is 39.1 Å². The molecule has 3 N–H and O–H groups in total. The van der Waals surface area contributed by atoms with Crippen molar-refractivity contribution in [2.24, 2.45) is 5.73 Å². The molecule has 0 saturated carbocycles. The van der Waals surface area contributed by atoms with Gasteiger partial charge in [0.2, 0.25) is 0 Å². The summed E-state index contributed by atoms with van der Waals surface area (Å²) in [5.41, 5.74) is 6.69. The molecule has 2 rings (SSSR count). The molecule has 0 aliphatic carbocycles. The predicted molar refractivity (Wildman–Crippen MR) is 77.3 cm³/mol. The van der Waals surface area contributed by atoms with Crippen LogP contribution in [0.3, 0.4) is 0 Å². The van der Waals surface area contributed by atoms with E-state index >= 15 is 0 Å². The van der Waals surface area contributed by atoms with Crippen molar-refractivity contribution in [3.8, 4) is 0 Å². The van der Waals surface area contributed by atoms with Crippen LogP contribution in [0, 0.1) is 5.82 Å². The third-order valence-electron chi connectivity index (χ3n) is 2.72. The number of aryl methyl sites for hydroxylation is 1. The molecule has 1 heterocycles. The van der Waals surface area contributed by atoms with Gasteiger partial charge in [-0.25, -0.2) is 9.37 Å². The number of nitrogens with zero attached hydrogens (tertiary/aromatic N) is 1. The van der Waals surface area contributed by atoms with Gasteiger partial charge in [0.1, 0.15) is 5.82 Å². The van der Waals surface area contributed by atoms with Gasteiger partial charge in [0.15, 0.2) is 5.16 Å². The average Bonchev–Trinajstić information content (AvgIpc) is 2.41. The molecule has 1 aromatic carbocycles. The highest BCUT2D eigenvalue weighted by Crippen LogP contribution is 2.27. The Kier molecular flexibility index (Phi) is 4.92. The first-order valence-corrected chi connectivity index (χ1v) is 7.20. The number of halogens is 1. The van der Waals surface area contributed by atoms with Crippen molar-refractivity contribution in [3.63, 3.8) is 0 Å². The topological polar surface area (TPSA) is 71.8 Å². The van der Waals surface area contributed by atoms with Gasteiger partial charge in [0, 0.05) is 18.3 Å². The van der Waals surface area contributed by atoms with Crippen molar-refractivity contribution in [1.29, 1.82) is 0 Å². The zero-order valence-electron chi connectivity index (χ0n) is 11.1. The minimum absolute atomic E-state index is 0.218. The fraction of sp³-hybridized carbons (Fsp3) is 0.286. The van der Waals surface area contributed by atoms with Gasteiger partial charge in [0.25, 0.3) is 5.56 Å². The smallest absolute Gasteiger partial charge is 0.251 e. The molecule has 0 amide bonds. The zero-order chi connectivity index (χ0) is 14.5. The van der Waals surface area contributed by atoms with E-state index in [2.05, 4.69) is 9.97 Å². The third-order valence-corrected chi connectivity index (χ3v) is 3.66. The molecule has 0 spiro atoms. The second-order valence-electron chi connectivity index (χ2n) is 4.36. The molecule has 1 aromatic heterocycles. The Labute approximate surface area is 120 Å². The molecule has 0 aliphatic rings. The van der Waals surface area contributed by atoms with Gasteiger partial charge < -0.3 is 10.7 Å². The number of rotatable bonds is 5. The summed E-state index contributed by atoms with van der Waals surface area (Å²) < 4.78 is 13.9. The largest absolute Gasteiger partial charge is 0.326 e. The molecular formula is C14H16FN3OS. The van der Waals surface area contributed by atoms with E-state index < -0.39 is 0 Å². The Morgan fingerprint density at radius 2 is 2.20 bits per heavy atom. The Morgan fingerprint density at radius 1 is 1.40 bits per heavy atom. The Bertz CT molecular complexity index is 657. The summed E-state index contributed by atoms with van der Waals surface area (Å²) in [7, 11) is 0. The van der Waals surface area contributed by atoms with E-state index in [9.17, 15) is 9.18 Å². The molecule has 0 fully saturated rings. The molecule has 2 aromatic rings. The van der Waals surface area contributed by atoms with Crippen molar-refractivity contribution in [2.75, 3.05) is 0 Å². The van der Waals surface area contributed by atoms with Gasteiger partial charge in [-0.3, -0.25) is 4.79 Å². The molecule has 0 atom stereocenters. The molecule has 0 unspecified atom stereocenters. The van der Waals surface area contributed by atoms with Crippen LogP contribution >= 0.6 is 11.8 Å². The van der Waals surface area contributed by atoms with Crippen LogP contribution < -0.4 is 11.3 Å². The van der Waals surface area contributed by atoms with Crippen molar-refractivity contribution < 1.29 is 4.39 Å². The Balaban J connectivity index is 2.27. The normalized spacial score (nSPS) is 10.8. The van der Waals surface area contributed by atoms with Crippen LogP contribution in [0.5, 0.6) is 0 Å². The summed E-state index contributed by atoms with van der Waals surface area (Å²) in [5, 5.41) is 0.403. The van der Waals surface area contributed by atoms with Crippen molar-refractivity contribution in [3.05, 3.63) is 51.7 Å². The fourth-order valence-electron chi connectivity index (χ4n) is 1.77. The lowest BCUT2D eigenvalue weighted by Crippen LogP contribution is -2.10. The van der Waals surface area contributed by atoms with Crippen molar-refractivity contribution in [1.82, 2.24) is 9.97 Å². The minimum Gasteiger partial charge on any atom is -0.326 e. The zero-order valence-corrected chi connectivity index (χ0v) is 12.0. The van der Waals surface area contributed by atoms with Crippen LogP contribution in [-0.4, -0.2) is 9.97 Å². The van der Waals surface area contributed by atoms with Gasteiger partial charge in [-0.2, -0.15) is 0 Å². The highest BCUT2D eigenvalue weighted by Gasteiger charge is 2.08. The van der Waals surface area contributed by atoms with Crippen LogP contribution in [0.25, 0.3) is 0 Å². The van der Waals surface area contributed by atoms with Gasteiger partial charge in [-0.1, -0.05) is 19.4 Å². The SMILES string of the molecule is CCCc1cc(=O)[nH]c(Sc2ccc(CN)cc2F)n1. The van der Waals surface area contributed by atoms with E-state index in [1.807, 2.05) is 6.92 Å². The van der Waals surface area contributed by atoms with E-state index in [1.54, 1.807) is 12.1 Å². The first-order chi connectivity index (χ1) is 9.62. The molecular weight excluding hydrogens is 277 g/mol. The molecule has 0 radical (unpaired) electrons. The maximum atomic E-state index is 13.9. The second kappa shape index (κ2) is 6.67. The maximum Gasteiger partial charge on any atom is 0.251 e. The molecule has 4 nitrogen and oxygen atoms in total. The number of nitrogens with two attached hydrogens (primary N) is 1. The van der Waals surface area contributed by atoms with Crippen LogP contribution in [0.2, 0.25) is 0 Å². The lowest BCUT2D eigenvalue weighted by atomic mass is 10.2. The lowest BCUT2D eigenvalue weighted by molar-refractivity contribution is 0.599. The highest BCUT2D eigenvalue weighted by molar-refractivity contribution is 7.99. The molecule has 6 heteroatoms. The number of aromatic nitrogens is 2. The standard InChI is InChI=1S/C14H16FN3OS/c1-2-3-10-7-13(19)18-14(17-10)20-12-5-4-9(8-16)6-11(12)15/h4-7H,2-3,8,16H2,1H3,(H,17,18,19). The first-order valence-electron chi connectivity index (χ1n) is 6.39. The maximum absolute atomic E-state index is 13.9. The van der Waals surface area contributed by atoms with Crippen LogP contribution in [0.1, 0.15) is 24.6 Å². The second-order valence-corrected chi connectivity index (χ2v) is 5.39. The van der Waals surface area contributed by atoms with Crippen molar-refractivity contribution in [2.45, 2.75) is 36.4 Å². The van der Waals surface area contributed by atoms with E-state index in [0.29, 0.717) is 16.6 Å². The summed E-state index contributed by atoms with van der Waals surface area (Å²) in [6, 6.07) is 6.28. The summed E-state index contributed by atoms with van der Waals surface area (Å²) in [6.45, 7) is 2.31. The Morgan fingerprint density at radius 3 is 2.85 bits per heavy atom. The van der Waals surface area contributed by atoms with E-state index in [1.165, 1.54) is 12.1 Å². The Hall–Kier alpha value is -1.66. The number of aromatic amines is 1. The number of hydrogen-bond donors (Lipinski definition) is 2. The van der Waals surface area contributed by atoms with Crippen LogP contribution in [-0.2, 0) is 13.0 Å². The number of benzene rings is 1. The number of H-pyrrole nitrogens is 1. The number of hydrogen-bond acceptors (Lipinski definition) is 4. The van der Waals surface area contributed by atoms with Crippen LogP contribution in [0.4, 0.5) is 4.39 Å². The van der Waals surface area contributed by atoms with E-state index in [-0.39, 0.29) is 11.4 Å². The molecule has 0 bridgehead atoms. The predicted octanol–water partition coefficient (Wildman–Crippen LogP) is 2.47. The fourth-order valence-corrected chi connectivity index (χ4v) is 2.59. The third kappa shape index (κ3) is 3.68. The van der Waals surface area contributed by atoms with Gasteiger partial charge in [-0.15, -0.1) is 0 Å². The summed E-state index contributed by atoms with van der Waals surface area (Å²) in [4.78, 5) is 18.9. The van der Waals surface area contributed by atoms with E-state index in [0.717, 1.165) is 35.9 Å². The molecule has 106 valence electrons. The minimum atomic E-state index is -0.360. The molecule has 0 saturated heterocycles. The first kappa shape index (κ1) is 14.7. The van der Waals surface area contributed by atoms with Crippen molar-refractivity contribution >= 4 is 11.8 Å². The van der Waals surface area contributed by atoms with Gasteiger partial charge in [-0.05, 0) is 35.9 Å². The number of nitrogens with one attached hydrogen (secondary N) is 1. The monoisotopic (exact) mass is 293 g/mol. The lowest BCUT2D eigenvalue weighted by Gasteiger charge is -2.05. The molecule has 0 aliphatic heterocycles. The average molecular weight is 293 g/mol.